The summed E-state index contributed by atoms with van der Waals surface area (Å²) in [7, 11) is 1.70. The highest BCUT2D eigenvalue weighted by Gasteiger charge is 2.05. The highest BCUT2D eigenvalue weighted by Crippen LogP contribution is 2.19. The second kappa shape index (κ2) is 13.7. The van der Waals surface area contributed by atoms with E-state index in [0.717, 1.165) is 47.5 Å². The summed E-state index contributed by atoms with van der Waals surface area (Å²) in [6.45, 7) is 9.02. The molecule has 28 heavy (non-hydrogen) atoms. The number of ether oxygens (including phenoxy) is 2. The highest BCUT2D eigenvalue weighted by atomic mass is 127. The summed E-state index contributed by atoms with van der Waals surface area (Å²) < 4.78 is 10.8. The van der Waals surface area contributed by atoms with Crippen molar-refractivity contribution in [1.29, 1.82) is 0 Å². The first-order chi connectivity index (χ1) is 13.1. The van der Waals surface area contributed by atoms with Gasteiger partial charge in [-0.2, -0.15) is 0 Å². The van der Waals surface area contributed by atoms with Crippen molar-refractivity contribution >= 4 is 47.0 Å². The van der Waals surface area contributed by atoms with Gasteiger partial charge >= 0.3 is 0 Å². The molecule has 0 amide bonds. The van der Waals surface area contributed by atoms with Gasteiger partial charge in [-0.05, 0) is 32.9 Å². The summed E-state index contributed by atoms with van der Waals surface area (Å²) in [4.78, 5) is 10.5. The topological polar surface area (TPSA) is 67.8 Å². The molecule has 2 rings (SSSR count). The Morgan fingerprint density at radius 1 is 1.25 bits per heavy atom. The van der Waals surface area contributed by atoms with Crippen molar-refractivity contribution < 1.29 is 9.47 Å². The van der Waals surface area contributed by atoms with Crippen LogP contribution in [0.5, 0.6) is 5.75 Å². The number of hydrogen-bond donors (Lipinski definition) is 2. The normalized spacial score (nSPS) is 11.1. The SMILES string of the molecule is CCNC(=NCCc1sc(C)nc1C)Nc1cccc(OCCCOC)c1.I. The zero-order valence-electron chi connectivity index (χ0n) is 17.1. The van der Waals surface area contributed by atoms with Crippen LogP contribution in [0.4, 0.5) is 5.69 Å². The van der Waals surface area contributed by atoms with Gasteiger partial charge in [-0.3, -0.25) is 4.99 Å². The second-order valence-corrected chi connectivity index (χ2v) is 7.39. The average Bonchev–Trinajstić information content (AvgIpc) is 2.96. The van der Waals surface area contributed by atoms with Gasteiger partial charge in [-0.1, -0.05) is 6.07 Å². The van der Waals surface area contributed by atoms with E-state index in [1.54, 1.807) is 18.4 Å². The molecule has 0 fully saturated rings. The van der Waals surface area contributed by atoms with Crippen molar-refractivity contribution in [3.63, 3.8) is 0 Å². The number of guanidine groups is 1. The van der Waals surface area contributed by atoms with E-state index in [9.17, 15) is 0 Å². The molecule has 2 aromatic rings. The number of thiazole rings is 1. The predicted octanol–water partition coefficient (Wildman–Crippen LogP) is 4.41. The first-order valence-corrected chi connectivity index (χ1v) is 10.1. The molecule has 0 saturated carbocycles. The molecule has 0 aliphatic heterocycles. The molecule has 0 atom stereocenters. The number of anilines is 1. The molecule has 2 N–H and O–H groups in total. The van der Waals surface area contributed by atoms with Crippen molar-refractivity contribution in [2.24, 2.45) is 4.99 Å². The van der Waals surface area contributed by atoms with E-state index in [1.807, 2.05) is 31.2 Å². The largest absolute Gasteiger partial charge is 0.493 e. The van der Waals surface area contributed by atoms with Gasteiger partial charge in [0, 0.05) is 56.3 Å². The van der Waals surface area contributed by atoms with E-state index in [2.05, 4.69) is 34.5 Å². The molecule has 0 unspecified atom stereocenters. The lowest BCUT2D eigenvalue weighted by Crippen LogP contribution is -2.30. The zero-order chi connectivity index (χ0) is 19.5. The fraction of sp³-hybridized carbons (Fsp3) is 0.500. The minimum Gasteiger partial charge on any atom is -0.493 e. The molecule has 0 bridgehead atoms. The van der Waals surface area contributed by atoms with Gasteiger partial charge in [0.25, 0.3) is 0 Å². The average molecular weight is 518 g/mol. The van der Waals surface area contributed by atoms with Gasteiger partial charge in [-0.25, -0.2) is 4.98 Å². The third-order valence-corrected chi connectivity index (χ3v) is 4.94. The number of methoxy groups -OCH3 is 1. The Hall–Kier alpha value is -1.39. The van der Waals surface area contributed by atoms with Gasteiger partial charge in [0.2, 0.25) is 0 Å². The molecule has 0 radical (unpaired) electrons. The van der Waals surface area contributed by atoms with Crippen LogP contribution in [0.2, 0.25) is 0 Å². The summed E-state index contributed by atoms with van der Waals surface area (Å²) in [6, 6.07) is 7.92. The Labute approximate surface area is 189 Å². The monoisotopic (exact) mass is 518 g/mol. The van der Waals surface area contributed by atoms with Gasteiger partial charge in [0.1, 0.15) is 5.75 Å². The number of benzene rings is 1. The molecule has 0 spiro atoms. The number of rotatable bonds is 10. The number of aliphatic imine (C=N–C) groups is 1. The molecule has 0 aliphatic rings. The summed E-state index contributed by atoms with van der Waals surface area (Å²) in [5.74, 6) is 1.61. The lowest BCUT2D eigenvalue weighted by atomic mass is 10.3. The standard InChI is InChI=1S/C20H30N4O2S.HI/c1-5-21-20(22-11-10-19-15(2)23-16(3)27-19)24-17-8-6-9-18(14-17)26-13-7-12-25-4;/h6,8-9,14H,5,7,10-13H2,1-4H3,(H2,21,22,24);1H. The van der Waals surface area contributed by atoms with E-state index >= 15 is 0 Å². The quantitative estimate of drug-likeness (QED) is 0.211. The van der Waals surface area contributed by atoms with Crippen LogP contribution < -0.4 is 15.4 Å². The van der Waals surface area contributed by atoms with Crippen molar-refractivity contribution in [2.45, 2.75) is 33.6 Å². The van der Waals surface area contributed by atoms with Crippen LogP contribution in [0.15, 0.2) is 29.3 Å². The van der Waals surface area contributed by atoms with E-state index in [4.69, 9.17) is 9.47 Å². The summed E-state index contributed by atoms with van der Waals surface area (Å²) in [5.41, 5.74) is 2.06. The maximum atomic E-state index is 5.76. The Bertz CT molecular complexity index is 737. The van der Waals surface area contributed by atoms with E-state index in [0.29, 0.717) is 19.8 Å². The summed E-state index contributed by atoms with van der Waals surface area (Å²) >= 11 is 1.75. The van der Waals surface area contributed by atoms with Gasteiger partial charge < -0.3 is 20.1 Å². The van der Waals surface area contributed by atoms with Crippen LogP contribution in [0.3, 0.4) is 0 Å². The minimum atomic E-state index is 0. The van der Waals surface area contributed by atoms with Crippen molar-refractivity contribution in [1.82, 2.24) is 10.3 Å². The molecule has 6 nitrogen and oxygen atoms in total. The minimum absolute atomic E-state index is 0. The number of halogens is 1. The van der Waals surface area contributed by atoms with Crippen LogP contribution in [0, 0.1) is 13.8 Å². The predicted molar refractivity (Wildman–Crippen MR) is 129 cm³/mol. The number of nitrogens with zero attached hydrogens (tertiary/aromatic N) is 2. The molecule has 156 valence electrons. The number of hydrogen-bond acceptors (Lipinski definition) is 5. The van der Waals surface area contributed by atoms with Crippen LogP contribution in [0.1, 0.15) is 28.9 Å². The van der Waals surface area contributed by atoms with Crippen LogP contribution in [-0.2, 0) is 11.2 Å². The van der Waals surface area contributed by atoms with Crippen molar-refractivity contribution in [2.75, 3.05) is 38.7 Å². The third kappa shape index (κ3) is 8.74. The first kappa shape index (κ1) is 24.6. The van der Waals surface area contributed by atoms with Crippen LogP contribution in [0.25, 0.3) is 0 Å². The van der Waals surface area contributed by atoms with Crippen molar-refractivity contribution in [3.8, 4) is 5.75 Å². The van der Waals surface area contributed by atoms with Gasteiger partial charge in [0.15, 0.2) is 5.96 Å². The molecule has 1 aromatic carbocycles. The van der Waals surface area contributed by atoms with Crippen LogP contribution >= 0.6 is 35.3 Å². The molecular formula is C20H31IN4O2S. The zero-order valence-corrected chi connectivity index (χ0v) is 20.2. The molecule has 1 aromatic heterocycles. The maximum absolute atomic E-state index is 5.76. The molecule has 0 saturated heterocycles. The lowest BCUT2D eigenvalue weighted by Gasteiger charge is -2.13. The Kier molecular flexibility index (Phi) is 12.1. The van der Waals surface area contributed by atoms with Gasteiger partial charge in [-0.15, -0.1) is 35.3 Å². The molecule has 1 heterocycles. The number of aryl methyl sites for hydroxylation is 2. The van der Waals surface area contributed by atoms with Gasteiger partial charge in [0.05, 0.1) is 17.3 Å². The second-order valence-electron chi connectivity index (χ2n) is 6.10. The summed E-state index contributed by atoms with van der Waals surface area (Å²) in [6.07, 6.45) is 1.77. The Balaban J connectivity index is 0.00000392. The highest BCUT2D eigenvalue weighted by molar-refractivity contribution is 14.0. The van der Waals surface area contributed by atoms with E-state index in [-0.39, 0.29) is 24.0 Å². The third-order valence-electron chi connectivity index (χ3n) is 3.81. The number of nitrogens with one attached hydrogen (secondary N) is 2. The van der Waals surface area contributed by atoms with E-state index in [1.165, 1.54) is 4.88 Å². The molecular weight excluding hydrogens is 487 g/mol. The van der Waals surface area contributed by atoms with Crippen molar-refractivity contribution in [3.05, 3.63) is 39.8 Å². The Morgan fingerprint density at radius 3 is 2.75 bits per heavy atom. The molecule has 0 aliphatic carbocycles. The smallest absolute Gasteiger partial charge is 0.195 e. The Morgan fingerprint density at radius 2 is 2.07 bits per heavy atom. The lowest BCUT2D eigenvalue weighted by molar-refractivity contribution is 0.172. The van der Waals surface area contributed by atoms with Crippen LogP contribution in [-0.4, -0.2) is 44.4 Å². The first-order valence-electron chi connectivity index (χ1n) is 9.32. The summed E-state index contributed by atoms with van der Waals surface area (Å²) in [5, 5.41) is 7.75. The maximum Gasteiger partial charge on any atom is 0.195 e. The van der Waals surface area contributed by atoms with E-state index < -0.39 is 0 Å². The fourth-order valence-corrected chi connectivity index (χ4v) is 3.50. The fourth-order valence-electron chi connectivity index (χ4n) is 2.58. The molecule has 8 heteroatoms. The number of aromatic nitrogens is 1.